The van der Waals surface area contributed by atoms with Crippen LogP contribution in [-0.2, 0) is 9.59 Å². The first-order valence-electron chi connectivity index (χ1n) is 9.34. The number of carbonyl (C=O) groups is 2. The molecule has 1 unspecified atom stereocenters. The van der Waals surface area contributed by atoms with Gasteiger partial charge in [-0.25, -0.2) is 0 Å². The van der Waals surface area contributed by atoms with Crippen molar-refractivity contribution in [1.82, 2.24) is 0 Å². The van der Waals surface area contributed by atoms with Crippen molar-refractivity contribution in [1.29, 1.82) is 0 Å². The number of halogens is 1. The number of amides is 1. The van der Waals surface area contributed by atoms with E-state index < -0.39 is 17.7 Å². The predicted octanol–water partition coefficient (Wildman–Crippen LogP) is 4.96. The van der Waals surface area contributed by atoms with Crippen LogP contribution in [0.5, 0.6) is 5.75 Å². The van der Waals surface area contributed by atoms with E-state index in [9.17, 15) is 14.7 Å². The molecule has 2 aromatic carbocycles. The van der Waals surface area contributed by atoms with Crippen molar-refractivity contribution >= 4 is 34.7 Å². The summed E-state index contributed by atoms with van der Waals surface area (Å²) in [5.74, 6) is -1.01. The van der Waals surface area contributed by atoms with E-state index in [1.54, 1.807) is 60.7 Å². The van der Waals surface area contributed by atoms with Crippen molar-refractivity contribution in [3.05, 3.63) is 88.8 Å². The van der Waals surface area contributed by atoms with E-state index in [0.29, 0.717) is 34.4 Å². The van der Waals surface area contributed by atoms with Crippen LogP contribution in [0.15, 0.2) is 76.9 Å². The number of hydrogen-bond acceptors (Lipinski definition) is 5. The van der Waals surface area contributed by atoms with E-state index in [2.05, 4.69) is 0 Å². The molecule has 30 heavy (non-hydrogen) atoms. The summed E-state index contributed by atoms with van der Waals surface area (Å²) in [7, 11) is 0. The normalized spacial score (nSPS) is 18.1. The highest BCUT2D eigenvalue weighted by Crippen LogP contribution is 2.42. The number of benzene rings is 2. The van der Waals surface area contributed by atoms with E-state index in [0.717, 1.165) is 0 Å². The van der Waals surface area contributed by atoms with E-state index in [1.165, 1.54) is 11.2 Å². The van der Waals surface area contributed by atoms with Crippen molar-refractivity contribution in [2.24, 2.45) is 0 Å². The number of rotatable bonds is 5. The molecule has 1 amide bonds. The molecule has 1 atom stereocenters. The molecular formula is C23H18ClNO5. The van der Waals surface area contributed by atoms with E-state index in [4.69, 9.17) is 20.8 Å². The Hall–Kier alpha value is -3.51. The Morgan fingerprint density at radius 3 is 2.63 bits per heavy atom. The lowest BCUT2D eigenvalue weighted by Crippen LogP contribution is -2.29. The zero-order valence-electron chi connectivity index (χ0n) is 16.0. The number of ether oxygens (including phenoxy) is 1. The van der Waals surface area contributed by atoms with Gasteiger partial charge in [-0.3, -0.25) is 14.5 Å². The molecular weight excluding hydrogens is 406 g/mol. The summed E-state index contributed by atoms with van der Waals surface area (Å²) in [4.78, 5) is 27.2. The van der Waals surface area contributed by atoms with Gasteiger partial charge in [0.05, 0.1) is 18.4 Å². The van der Waals surface area contributed by atoms with E-state index in [-0.39, 0.29) is 11.3 Å². The summed E-state index contributed by atoms with van der Waals surface area (Å²) in [5, 5.41) is 11.5. The SMILES string of the molecule is CCOc1cccc(/C(O)=C2/C(=O)C(=O)N(c3cccc(Cl)c3)C2c2ccco2)c1. The third kappa shape index (κ3) is 3.46. The van der Waals surface area contributed by atoms with Gasteiger partial charge in [-0.2, -0.15) is 0 Å². The second kappa shape index (κ2) is 8.08. The van der Waals surface area contributed by atoms with Gasteiger partial charge in [-0.05, 0) is 49.4 Å². The molecule has 1 aliphatic heterocycles. The highest BCUT2D eigenvalue weighted by Gasteiger charge is 2.48. The lowest BCUT2D eigenvalue weighted by atomic mass is 9.99. The van der Waals surface area contributed by atoms with Gasteiger partial charge in [-0.15, -0.1) is 0 Å². The van der Waals surface area contributed by atoms with Crippen LogP contribution < -0.4 is 9.64 Å². The highest BCUT2D eigenvalue weighted by molar-refractivity contribution is 6.51. The fourth-order valence-electron chi connectivity index (χ4n) is 3.50. The molecule has 4 rings (SSSR count). The number of anilines is 1. The second-order valence-corrected chi connectivity index (χ2v) is 7.06. The van der Waals surface area contributed by atoms with Crippen molar-refractivity contribution in [3.8, 4) is 5.75 Å². The molecule has 0 aliphatic carbocycles. The average molecular weight is 424 g/mol. The third-order valence-electron chi connectivity index (χ3n) is 4.76. The number of furan rings is 1. The number of Topliss-reactive ketones (excluding diaryl/α,β-unsaturated/α-hetero) is 1. The molecule has 1 aliphatic rings. The van der Waals surface area contributed by atoms with Gasteiger partial charge in [0, 0.05) is 16.3 Å². The van der Waals surface area contributed by atoms with Crippen LogP contribution in [0.3, 0.4) is 0 Å². The highest BCUT2D eigenvalue weighted by atomic mass is 35.5. The van der Waals surface area contributed by atoms with Crippen LogP contribution in [0.2, 0.25) is 5.02 Å². The van der Waals surface area contributed by atoms with Crippen LogP contribution >= 0.6 is 11.6 Å². The molecule has 0 radical (unpaired) electrons. The quantitative estimate of drug-likeness (QED) is 0.356. The molecule has 1 aromatic heterocycles. The van der Waals surface area contributed by atoms with Crippen molar-refractivity contribution < 1.29 is 23.8 Å². The standard InChI is InChI=1S/C23H18ClNO5/c1-2-29-17-9-3-6-14(12-17)21(26)19-20(18-10-5-11-30-18)25(23(28)22(19)27)16-8-4-7-15(24)13-16/h3-13,20,26H,2H2,1H3/b21-19-. The average Bonchev–Trinajstić information content (AvgIpc) is 3.35. The lowest BCUT2D eigenvalue weighted by Gasteiger charge is -2.23. The first-order chi connectivity index (χ1) is 14.5. The molecule has 152 valence electrons. The Bertz CT molecular complexity index is 1140. The molecule has 2 heterocycles. The molecule has 3 aromatic rings. The predicted molar refractivity (Wildman–Crippen MR) is 113 cm³/mol. The monoisotopic (exact) mass is 423 g/mol. The summed E-state index contributed by atoms with van der Waals surface area (Å²) in [6.45, 7) is 2.30. The molecule has 0 saturated carbocycles. The Kier molecular flexibility index (Phi) is 5.33. The van der Waals surface area contributed by atoms with Gasteiger partial charge in [0.2, 0.25) is 0 Å². The number of aliphatic hydroxyl groups is 1. The molecule has 0 spiro atoms. The first-order valence-corrected chi connectivity index (χ1v) is 9.72. The van der Waals surface area contributed by atoms with Gasteiger partial charge in [-0.1, -0.05) is 29.8 Å². The fraction of sp³-hybridized carbons (Fsp3) is 0.130. The van der Waals surface area contributed by atoms with Crippen LogP contribution in [-0.4, -0.2) is 23.4 Å². The molecule has 0 bridgehead atoms. The molecule has 6 nitrogen and oxygen atoms in total. The summed E-state index contributed by atoms with van der Waals surface area (Å²) in [5.41, 5.74) is 0.721. The summed E-state index contributed by atoms with van der Waals surface area (Å²) < 4.78 is 11.0. The van der Waals surface area contributed by atoms with E-state index >= 15 is 0 Å². The largest absolute Gasteiger partial charge is 0.507 e. The zero-order valence-corrected chi connectivity index (χ0v) is 16.8. The smallest absolute Gasteiger partial charge is 0.300 e. The molecule has 1 saturated heterocycles. The minimum Gasteiger partial charge on any atom is -0.507 e. The maximum absolute atomic E-state index is 13.0. The van der Waals surface area contributed by atoms with Crippen molar-refractivity contribution in [2.75, 3.05) is 11.5 Å². The molecule has 1 N–H and O–H groups in total. The van der Waals surface area contributed by atoms with Crippen molar-refractivity contribution in [3.63, 3.8) is 0 Å². The molecule has 7 heteroatoms. The van der Waals surface area contributed by atoms with Gasteiger partial charge in [0.15, 0.2) is 0 Å². The maximum Gasteiger partial charge on any atom is 0.300 e. The van der Waals surface area contributed by atoms with Crippen LogP contribution in [0.1, 0.15) is 24.3 Å². The number of nitrogens with zero attached hydrogens (tertiary/aromatic N) is 1. The zero-order chi connectivity index (χ0) is 21.3. The first kappa shape index (κ1) is 19.8. The Balaban J connectivity index is 1.90. The van der Waals surface area contributed by atoms with Crippen LogP contribution in [0.25, 0.3) is 5.76 Å². The number of ketones is 1. The van der Waals surface area contributed by atoms with Crippen LogP contribution in [0, 0.1) is 0 Å². The van der Waals surface area contributed by atoms with Crippen molar-refractivity contribution in [2.45, 2.75) is 13.0 Å². The fourth-order valence-corrected chi connectivity index (χ4v) is 3.68. The van der Waals surface area contributed by atoms with Gasteiger partial charge >= 0.3 is 0 Å². The third-order valence-corrected chi connectivity index (χ3v) is 5.00. The Morgan fingerprint density at radius 2 is 1.93 bits per heavy atom. The molecule has 1 fully saturated rings. The second-order valence-electron chi connectivity index (χ2n) is 6.63. The number of hydrogen-bond donors (Lipinski definition) is 1. The van der Waals surface area contributed by atoms with Gasteiger partial charge in [0.1, 0.15) is 23.3 Å². The van der Waals surface area contributed by atoms with Gasteiger partial charge < -0.3 is 14.3 Å². The number of carbonyl (C=O) groups excluding carboxylic acids is 2. The summed E-state index contributed by atoms with van der Waals surface area (Å²) in [6.07, 6.45) is 1.45. The summed E-state index contributed by atoms with van der Waals surface area (Å²) >= 11 is 6.10. The van der Waals surface area contributed by atoms with Gasteiger partial charge in [0.25, 0.3) is 11.7 Å². The topological polar surface area (TPSA) is 80.0 Å². The van der Waals surface area contributed by atoms with E-state index in [1.807, 2.05) is 6.92 Å². The lowest BCUT2D eigenvalue weighted by molar-refractivity contribution is -0.132. The summed E-state index contributed by atoms with van der Waals surface area (Å²) in [6, 6.07) is 15.7. The van der Waals surface area contributed by atoms with Crippen LogP contribution in [0.4, 0.5) is 5.69 Å². The maximum atomic E-state index is 13.0. The minimum atomic E-state index is -0.936. The Morgan fingerprint density at radius 1 is 1.13 bits per heavy atom. The minimum absolute atomic E-state index is 0.0661. The Labute approximate surface area is 177 Å². The number of aliphatic hydroxyl groups excluding tert-OH is 1.